The Hall–Kier alpha value is -2.05. The number of thiophene rings is 1. The third kappa shape index (κ3) is 5.38. The van der Waals surface area contributed by atoms with Gasteiger partial charge in [-0.3, -0.25) is 9.59 Å². The second-order valence-electron chi connectivity index (χ2n) is 7.86. The molecule has 0 aliphatic carbocycles. The van der Waals surface area contributed by atoms with Gasteiger partial charge < -0.3 is 15.0 Å². The number of nitrogens with zero attached hydrogens (tertiary/aromatic N) is 2. The van der Waals surface area contributed by atoms with Gasteiger partial charge in [-0.25, -0.2) is 12.8 Å². The molecular weight excluding hydrogens is 493 g/mol. The van der Waals surface area contributed by atoms with Crippen LogP contribution in [-0.4, -0.2) is 68.8 Å². The summed E-state index contributed by atoms with van der Waals surface area (Å²) in [5, 5.41) is 4.19. The van der Waals surface area contributed by atoms with Crippen LogP contribution < -0.4 is 5.32 Å². The summed E-state index contributed by atoms with van der Waals surface area (Å²) < 4.78 is 46.2. The monoisotopic (exact) mass is 515 g/mol. The molecule has 1 aromatic carbocycles. The molecule has 0 saturated carbocycles. The molecule has 33 heavy (non-hydrogen) atoms. The lowest BCUT2D eigenvalue weighted by Crippen LogP contribution is -2.41. The largest absolute Gasteiger partial charge is 0.378 e. The number of amides is 2. The van der Waals surface area contributed by atoms with Gasteiger partial charge in [0.05, 0.1) is 23.8 Å². The van der Waals surface area contributed by atoms with E-state index < -0.39 is 15.8 Å². The third-order valence-corrected chi connectivity index (χ3v) is 9.33. The fraction of sp³-hybridized carbons (Fsp3) is 0.429. The highest BCUT2D eigenvalue weighted by Gasteiger charge is 2.33. The summed E-state index contributed by atoms with van der Waals surface area (Å²) in [7, 11) is -3.76. The Morgan fingerprint density at radius 2 is 1.82 bits per heavy atom. The normalized spacial score (nSPS) is 18.3. The number of ether oxygens (including phenoxy) is 1. The topological polar surface area (TPSA) is 96.0 Å². The molecule has 0 unspecified atom stereocenters. The van der Waals surface area contributed by atoms with Gasteiger partial charge in [0.1, 0.15) is 10.0 Å². The minimum Gasteiger partial charge on any atom is -0.378 e. The number of nitrogens with one attached hydrogen (secondary N) is 1. The van der Waals surface area contributed by atoms with E-state index in [0.29, 0.717) is 50.4 Å². The number of anilines is 1. The number of benzene rings is 1. The molecule has 0 radical (unpaired) electrons. The minimum absolute atomic E-state index is 0.0869. The second-order valence-corrected chi connectivity index (χ2v) is 11.3. The Kier molecular flexibility index (Phi) is 7.34. The molecule has 2 aliphatic heterocycles. The van der Waals surface area contributed by atoms with Gasteiger partial charge in [0.15, 0.2) is 0 Å². The minimum atomic E-state index is -3.76. The first-order chi connectivity index (χ1) is 15.8. The van der Waals surface area contributed by atoms with E-state index in [4.69, 9.17) is 16.3 Å². The molecule has 4 rings (SSSR count). The van der Waals surface area contributed by atoms with Crippen molar-refractivity contribution in [3.63, 3.8) is 0 Å². The Morgan fingerprint density at radius 3 is 2.48 bits per heavy atom. The summed E-state index contributed by atoms with van der Waals surface area (Å²) >= 11 is 6.77. The van der Waals surface area contributed by atoms with Crippen LogP contribution in [0.15, 0.2) is 33.9 Å². The Morgan fingerprint density at radius 1 is 1.12 bits per heavy atom. The quantitative estimate of drug-likeness (QED) is 0.660. The molecule has 1 N–H and O–H groups in total. The van der Waals surface area contributed by atoms with Crippen LogP contribution in [0.1, 0.15) is 23.2 Å². The van der Waals surface area contributed by atoms with Crippen LogP contribution in [0.25, 0.3) is 0 Å². The first-order valence-electron chi connectivity index (χ1n) is 10.5. The SMILES string of the molecule is O=C(Nc1ccc(F)c(Cl)c1)C1CCN(S(=O)(=O)c2cc(C(=O)N3CCOCC3)cs2)CC1. The van der Waals surface area contributed by atoms with E-state index in [9.17, 15) is 22.4 Å². The molecule has 0 bridgehead atoms. The maximum absolute atomic E-state index is 13.3. The molecule has 2 amide bonds. The number of rotatable bonds is 5. The van der Waals surface area contributed by atoms with Crippen LogP contribution in [0.4, 0.5) is 10.1 Å². The maximum atomic E-state index is 13.3. The summed E-state index contributed by atoms with van der Waals surface area (Å²) in [6, 6.07) is 5.35. The first-order valence-corrected chi connectivity index (χ1v) is 13.2. The van der Waals surface area contributed by atoms with Crippen molar-refractivity contribution in [2.75, 3.05) is 44.7 Å². The number of hydrogen-bond donors (Lipinski definition) is 1. The predicted molar refractivity (Wildman–Crippen MR) is 123 cm³/mol. The number of piperidine rings is 1. The lowest BCUT2D eigenvalue weighted by atomic mass is 9.97. The molecule has 2 fully saturated rings. The van der Waals surface area contributed by atoms with Gasteiger partial charge in [0.25, 0.3) is 15.9 Å². The van der Waals surface area contributed by atoms with E-state index in [-0.39, 0.29) is 40.1 Å². The Balaban J connectivity index is 1.36. The lowest BCUT2D eigenvalue weighted by Gasteiger charge is -2.30. The van der Waals surface area contributed by atoms with Crippen molar-refractivity contribution in [1.82, 2.24) is 9.21 Å². The molecule has 178 valence electrons. The van der Waals surface area contributed by atoms with Crippen LogP contribution in [-0.2, 0) is 19.6 Å². The van der Waals surface area contributed by atoms with E-state index in [2.05, 4.69) is 5.32 Å². The number of sulfonamides is 1. The van der Waals surface area contributed by atoms with Crippen LogP contribution in [0.3, 0.4) is 0 Å². The van der Waals surface area contributed by atoms with Crippen LogP contribution >= 0.6 is 22.9 Å². The van der Waals surface area contributed by atoms with Gasteiger partial charge in [0.2, 0.25) is 5.91 Å². The summed E-state index contributed by atoms with van der Waals surface area (Å²) in [6.07, 6.45) is 0.704. The fourth-order valence-corrected chi connectivity index (χ4v) is 6.77. The van der Waals surface area contributed by atoms with Crippen molar-refractivity contribution in [3.05, 3.63) is 46.0 Å². The van der Waals surface area contributed by atoms with E-state index in [1.54, 1.807) is 10.3 Å². The third-order valence-electron chi connectivity index (χ3n) is 5.73. The van der Waals surface area contributed by atoms with Crippen molar-refractivity contribution in [3.8, 4) is 0 Å². The standard InChI is InChI=1S/C21H23ClFN3O5S2/c22-17-12-16(1-2-18(17)23)24-20(27)14-3-5-26(6-4-14)33(29,30)19-11-15(13-32-19)21(28)25-7-9-31-10-8-25/h1-2,11-14H,3-10H2,(H,24,27). The molecule has 0 atom stereocenters. The number of halogens is 2. The lowest BCUT2D eigenvalue weighted by molar-refractivity contribution is -0.120. The van der Waals surface area contributed by atoms with Gasteiger partial charge in [-0.2, -0.15) is 4.31 Å². The molecule has 2 saturated heterocycles. The molecule has 3 heterocycles. The van der Waals surface area contributed by atoms with Crippen molar-refractivity contribution < 1.29 is 27.1 Å². The predicted octanol–water partition coefficient (Wildman–Crippen LogP) is 3.05. The zero-order chi connectivity index (χ0) is 23.6. The molecule has 2 aromatic rings. The smallest absolute Gasteiger partial charge is 0.254 e. The van der Waals surface area contributed by atoms with Crippen molar-refractivity contribution in [2.24, 2.45) is 5.92 Å². The molecule has 8 nitrogen and oxygen atoms in total. The molecular formula is C21H23ClFN3O5S2. The zero-order valence-electron chi connectivity index (χ0n) is 17.6. The van der Waals surface area contributed by atoms with Gasteiger partial charge in [-0.1, -0.05) is 11.6 Å². The van der Waals surface area contributed by atoms with Gasteiger partial charge in [-0.05, 0) is 37.1 Å². The summed E-state index contributed by atoms with van der Waals surface area (Å²) in [6.45, 7) is 2.28. The summed E-state index contributed by atoms with van der Waals surface area (Å²) in [5.41, 5.74) is 0.741. The average Bonchev–Trinajstić information content (AvgIpc) is 3.33. The molecule has 1 aromatic heterocycles. The number of carbonyl (C=O) groups excluding carboxylic acids is 2. The van der Waals surface area contributed by atoms with Crippen LogP contribution in [0.5, 0.6) is 0 Å². The highest BCUT2D eigenvalue weighted by atomic mass is 35.5. The van der Waals surface area contributed by atoms with E-state index in [0.717, 1.165) is 11.3 Å². The molecule has 0 spiro atoms. The second kappa shape index (κ2) is 10.1. The number of hydrogen-bond acceptors (Lipinski definition) is 6. The van der Waals surface area contributed by atoms with Gasteiger partial charge in [0, 0.05) is 43.2 Å². The van der Waals surface area contributed by atoms with Crippen LogP contribution in [0.2, 0.25) is 5.02 Å². The van der Waals surface area contributed by atoms with E-state index in [1.807, 2.05) is 0 Å². The maximum Gasteiger partial charge on any atom is 0.254 e. The fourth-order valence-electron chi connectivity index (χ4n) is 3.82. The van der Waals surface area contributed by atoms with E-state index >= 15 is 0 Å². The molecule has 2 aliphatic rings. The number of morpholine rings is 1. The average molecular weight is 516 g/mol. The Labute approximate surface area is 200 Å². The van der Waals surface area contributed by atoms with Gasteiger partial charge in [-0.15, -0.1) is 11.3 Å². The van der Waals surface area contributed by atoms with Crippen molar-refractivity contribution in [1.29, 1.82) is 0 Å². The number of carbonyl (C=O) groups is 2. The highest BCUT2D eigenvalue weighted by Crippen LogP contribution is 2.29. The zero-order valence-corrected chi connectivity index (χ0v) is 20.0. The summed E-state index contributed by atoms with van der Waals surface area (Å²) in [5.74, 6) is -1.41. The summed E-state index contributed by atoms with van der Waals surface area (Å²) in [4.78, 5) is 26.8. The Bertz CT molecular complexity index is 1140. The van der Waals surface area contributed by atoms with Crippen molar-refractivity contribution >= 4 is 50.5 Å². The first kappa shape index (κ1) is 24.1. The highest BCUT2D eigenvalue weighted by molar-refractivity contribution is 7.91. The van der Waals surface area contributed by atoms with Crippen LogP contribution in [0, 0.1) is 11.7 Å². The molecule has 12 heteroatoms. The van der Waals surface area contributed by atoms with Gasteiger partial charge >= 0.3 is 0 Å². The van der Waals surface area contributed by atoms with Crippen molar-refractivity contribution in [2.45, 2.75) is 17.1 Å². The van der Waals surface area contributed by atoms with E-state index in [1.165, 1.54) is 28.6 Å².